The van der Waals surface area contributed by atoms with Crippen molar-refractivity contribution in [1.29, 1.82) is 1.12 Å². The largest absolute Gasteiger partial charge is 0.384 e. The molecule has 0 radical (unpaired) electrons. The highest BCUT2D eigenvalue weighted by Gasteiger charge is 2.09. The molecule has 6 heterocycles. The minimum atomic E-state index is 0. The normalized spacial score (nSPS) is 9.94. The van der Waals surface area contributed by atoms with Crippen LogP contribution in [0.3, 0.4) is 0 Å². The van der Waals surface area contributed by atoms with E-state index >= 15 is 0 Å². The smallest absolute Gasteiger partial charge is 0.241 e. The van der Waals surface area contributed by atoms with Crippen molar-refractivity contribution in [3.8, 4) is 0 Å². The van der Waals surface area contributed by atoms with Gasteiger partial charge in [0.25, 0.3) is 0 Å². The number of aromatic amines is 4. The van der Waals surface area contributed by atoms with Crippen LogP contribution in [0.15, 0.2) is 231 Å². The molecule has 13 rings (SSSR count). The fraction of sp³-hybridized carbons (Fsp3) is 0.169. The Balaban J connectivity index is 0.000000481. The fourth-order valence-corrected chi connectivity index (χ4v) is 7.48. The lowest BCUT2D eigenvalue weighted by atomic mass is 10.1. The number of hydrogen-bond acceptors (Lipinski definition) is 5. The summed E-state index contributed by atoms with van der Waals surface area (Å²) < 4.78 is 7.47. The summed E-state index contributed by atoms with van der Waals surface area (Å²) in [5.41, 5.74) is 19.1. The lowest BCUT2D eigenvalue weighted by Gasteiger charge is -1.97. The summed E-state index contributed by atoms with van der Waals surface area (Å²) in [6.45, 7) is 32.7. The maximum atomic E-state index is 5.44. The van der Waals surface area contributed by atoms with Crippen molar-refractivity contribution in [1.82, 2.24) is 29.9 Å². The van der Waals surface area contributed by atoms with E-state index in [1.165, 1.54) is 73.3 Å². The van der Waals surface area contributed by atoms with Crippen LogP contribution in [-0.2, 0) is 31.7 Å². The Kier molecular flexibility index (Phi) is 38.4. The van der Waals surface area contributed by atoms with E-state index in [1.807, 2.05) is 174 Å². The number of anilines is 1. The van der Waals surface area contributed by atoms with Gasteiger partial charge in [-0.1, -0.05) is 196 Å². The van der Waals surface area contributed by atoms with Crippen LogP contribution in [0, 0.1) is 48.5 Å². The summed E-state index contributed by atoms with van der Waals surface area (Å²) in [4.78, 5) is 31.5. The zero-order chi connectivity index (χ0) is 63.2. The summed E-state index contributed by atoms with van der Waals surface area (Å²) in [6, 6.07) is 59.0. The SMILES string of the molecule is C.C1=[NH+]c2ccccc2C1.C=Cc1ccccc1C.C=Nc1cccc(C)c1.Cc1c[nH]c[n+]1C.Cc1cnc[nH]1.Cc1cnc[nH]1.P=S.[2H]S.[CH-]=[NH+]c1ccccc1C.[CH-]=[NH+]c1ccccc1C.c1ccc2[nH]ccc2c1.c1ccc2c(c1)CCN2. The van der Waals surface area contributed by atoms with Gasteiger partial charge in [-0.2, -0.15) is 13.4 Å². The Hall–Kier alpha value is -9.20. The molecule has 8 N–H and O–H groups in total. The van der Waals surface area contributed by atoms with Crippen LogP contribution in [0.2, 0.25) is 0 Å². The molecule has 2 aliphatic rings. The minimum Gasteiger partial charge on any atom is -0.384 e. The first-order valence-corrected chi connectivity index (χ1v) is 28.8. The first kappa shape index (κ1) is 72.9. The molecule has 7 aromatic carbocycles. The molecule has 0 fully saturated rings. The Labute approximate surface area is 527 Å². The van der Waals surface area contributed by atoms with Gasteiger partial charge in [-0.3, -0.25) is 4.99 Å². The van der Waals surface area contributed by atoms with Crippen LogP contribution in [-0.4, -0.2) is 63.9 Å². The van der Waals surface area contributed by atoms with Crippen LogP contribution >= 0.6 is 21.4 Å². The van der Waals surface area contributed by atoms with Gasteiger partial charge >= 0.3 is 0 Å². The quantitative estimate of drug-likeness (QED) is 0.0382. The second-order valence-corrected chi connectivity index (χ2v) is 18.7. The number of aryl methyl sites for hydroxylation is 8. The van der Waals surface area contributed by atoms with E-state index in [0.29, 0.717) is 0 Å². The van der Waals surface area contributed by atoms with E-state index in [-0.39, 0.29) is 7.43 Å². The highest BCUT2D eigenvalue weighted by molar-refractivity contribution is 7.88. The second kappa shape index (κ2) is 45.3. The standard InChI is InChI=1S/C9H10.C8H9N.2C8H7N.3C8H9N.C5H8N2.2C4H6N2.CH4.HPS.H2S/c1-3-9-7-5-4-6-8(9)2;3*1-2-4-8-7(3-1)5-6-9-8;1-7-4-3-5-8(6-7)9-2;2*1-7-5-3-4-6-8(7)9-2;1-5-3-6-4-7(5)2;2*1-4-2-5-3-6-4;;1-2;/h3-7H,1H2,2H3;1-4,9H,5-6H2;1-4,6H,5H2;1-6,9H;3-6H,2H2,1H3;2*2-6,9H,1H3;3-4H,1-2H3;2*2-3H,1H3,(H,5,6);1H4;1H;1H2/p+2/i/hD. The Morgan fingerprint density at radius 1 is 0.674 bits per heavy atom. The average molecular weight is 1210 g/mol. The lowest BCUT2D eigenvalue weighted by molar-refractivity contribution is -0.676. The molecule has 0 atom stereocenters. The van der Waals surface area contributed by atoms with Gasteiger partial charge in [0.15, 0.2) is 0 Å². The van der Waals surface area contributed by atoms with Crippen LogP contribution in [0.1, 0.15) is 63.5 Å². The van der Waals surface area contributed by atoms with Crippen LogP contribution in [0.4, 0.5) is 28.4 Å². The molecule has 86 heavy (non-hydrogen) atoms. The number of rotatable bonds is 4. The van der Waals surface area contributed by atoms with Crippen molar-refractivity contribution >= 4 is 105 Å². The average Bonchev–Trinajstić information content (AvgIpc) is 4.66. The fourth-order valence-electron chi connectivity index (χ4n) is 7.48. The molecule has 0 saturated carbocycles. The topological polar surface area (TPSA) is 159 Å². The Morgan fingerprint density at radius 3 is 1.64 bits per heavy atom. The van der Waals surface area contributed by atoms with Crippen molar-refractivity contribution in [2.75, 3.05) is 11.9 Å². The number of para-hydroxylation sites is 5. The van der Waals surface area contributed by atoms with Gasteiger partial charge in [-0.05, 0) is 107 Å². The van der Waals surface area contributed by atoms with E-state index in [4.69, 9.17) is 14.6 Å². The number of nitrogens with zero attached hydrogens (tertiary/aromatic N) is 4. The first-order valence-electron chi connectivity index (χ1n) is 27.7. The zero-order valence-electron chi connectivity index (χ0n) is 51.3. The van der Waals surface area contributed by atoms with Gasteiger partial charge in [-0.25, -0.2) is 24.5 Å². The molecule has 0 bridgehead atoms. The number of imidazole rings is 3. The van der Waals surface area contributed by atoms with Crippen LogP contribution < -0.4 is 24.9 Å². The third-order valence-corrected chi connectivity index (χ3v) is 12.4. The van der Waals surface area contributed by atoms with Gasteiger partial charge in [-0.15, -0.1) is 0 Å². The second-order valence-electron chi connectivity index (χ2n) is 18.7. The number of aliphatic imine (C=N–C) groups is 1. The minimum absolute atomic E-state index is 0. The highest BCUT2D eigenvalue weighted by atomic mass is 32.4. The van der Waals surface area contributed by atoms with Crippen LogP contribution in [0.5, 0.6) is 0 Å². The molecule has 4 aromatic heterocycles. The number of fused-ring (bicyclic) bond motifs is 3. The van der Waals surface area contributed by atoms with E-state index in [0.717, 1.165) is 41.4 Å². The summed E-state index contributed by atoms with van der Waals surface area (Å²) in [6.07, 6.45) is 18.9. The Morgan fingerprint density at radius 2 is 1.22 bits per heavy atom. The molecule has 0 amide bonds. The van der Waals surface area contributed by atoms with Gasteiger partial charge < -0.3 is 30.3 Å². The van der Waals surface area contributed by atoms with E-state index in [9.17, 15) is 0 Å². The van der Waals surface area contributed by atoms with Crippen molar-refractivity contribution in [3.63, 3.8) is 0 Å². The monoisotopic (exact) mass is 1210 g/mol. The Bertz CT molecular complexity index is 3380. The summed E-state index contributed by atoms with van der Waals surface area (Å²) >= 11 is 6.67. The van der Waals surface area contributed by atoms with Crippen molar-refractivity contribution in [2.24, 2.45) is 12.0 Å². The first-order chi connectivity index (χ1) is 41.8. The predicted molar refractivity (Wildman–Crippen MR) is 377 cm³/mol. The molecule has 15 heteroatoms. The molecule has 12 nitrogen and oxygen atoms in total. The van der Waals surface area contributed by atoms with E-state index in [2.05, 4.69) is 195 Å². The maximum absolute atomic E-state index is 5.44. The van der Waals surface area contributed by atoms with Crippen LogP contribution in [0.25, 0.3) is 17.0 Å². The molecule has 0 spiro atoms. The number of hydrogen-bond donors (Lipinski definition) is 8. The van der Waals surface area contributed by atoms with Crippen molar-refractivity contribution in [2.45, 2.75) is 68.7 Å². The number of H-pyrrole nitrogens is 4. The summed E-state index contributed by atoms with van der Waals surface area (Å²) in [5, 5.41) is 4.58. The predicted octanol–water partition coefficient (Wildman–Crippen LogP) is 12.3. The maximum Gasteiger partial charge on any atom is 0.241 e. The summed E-state index contributed by atoms with van der Waals surface area (Å²) in [7, 11) is 4.56. The molecule has 0 unspecified atom stereocenters. The van der Waals surface area contributed by atoms with Gasteiger partial charge in [0.1, 0.15) is 18.1 Å². The van der Waals surface area contributed by atoms with Crippen molar-refractivity contribution < 1.29 is 19.5 Å². The third-order valence-electron chi connectivity index (χ3n) is 12.4. The molecule has 0 saturated heterocycles. The molecule has 2 aliphatic heterocycles. The molecule has 0 aliphatic carbocycles. The summed E-state index contributed by atoms with van der Waals surface area (Å²) in [5.74, 6) is 0. The molecular formula is C71H89N12PS2+2. The molecule has 11 aromatic rings. The molecule has 448 valence electrons. The van der Waals surface area contributed by atoms with Gasteiger partial charge in [0.05, 0.1) is 44.3 Å². The lowest BCUT2D eigenvalue weighted by Crippen LogP contribution is -2.58. The van der Waals surface area contributed by atoms with Crippen molar-refractivity contribution in [3.05, 3.63) is 282 Å². The number of aromatic nitrogens is 7. The van der Waals surface area contributed by atoms with Gasteiger partial charge in [0, 0.05) is 79.7 Å². The van der Waals surface area contributed by atoms with E-state index < -0.39 is 0 Å². The van der Waals surface area contributed by atoms with Gasteiger partial charge in [0.2, 0.25) is 12.0 Å². The highest BCUT2D eigenvalue weighted by Crippen LogP contribution is 2.20. The van der Waals surface area contributed by atoms with E-state index in [1.54, 1.807) is 25.0 Å². The zero-order valence-corrected chi connectivity index (χ0v) is 53.0. The number of nitrogens with one attached hydrogen (secondary N) is 8. The molecular weight excluding hydrogens is 1120 g/mol. The number of benzene rings is 7. The third kappa shape index (κ3) is 29.9.